The van der Waals surface area contributed by atoms with Crippen molar-refractivity contribution in [3.8, 4) is 5.75 Å². The fourth-order valence-corrected chi connectivity index (χ4v) is 2.99. The van der Waals surface area contributed by atoms with E-state index in [2.05, 4.69) is 22.2 Å². The molecule has 0 aliphatic heterocycles. The Morgan fingerprint density at radius 3 is 2.19 bits per heavy atom. The topological polar surface area (TPSA) is 67.0 Å². The lowest BCUT2D eigenvalue weighted by Gasteiger charge is -2.08. The number of benzene rings is 1. The van der Waals surface area contributed by atoms with Crippen molar-refractivity contribution in [1.82, 2.24) is 9.97 Å². The van der Waals surface area contributed by atoms with Gasteiger partial charge in [0.1, 0.15) is 11.4 Å². The molecule has 0 atom stereocenters. The van der Waals surface area contributed by atoms with Crippen LogP contribution in [0.3, 0.4) is 0 Å². The fourth-order valence-electron chi connectivity index (χ4n) is 2.99. The van der Waals surface area contributed by atoms with Crippen LogP contribution in [0.4, 0.5) is 5.69 Å². The molecule has 0 aliphatic rings. The van der Waals surface area contributed by atoms with Gasteiger partial charge in [0.05, 0.1) is 19.1 Å². The fraction of sp³-hybridized carbons (Fsp3) is 0.545. The number of nitrogens with zero attached hydrogens (tertiary/aromatic N) is 1. The number of nitrogens with one attached hydrogen (secondary N) is 2. The van der Waals surface area contributed by atoms with Crippen molar-refractivity contribution < 1.29 is 9.53 Å². The van der Waals surface area contributed by atoms with E-state index in [9.17, 15) is 4.79 Å². The SMILES string of the molecule is CCCCCCCCCCCCOc1ccc(NC(=O)c2cnc[nH]2)cc1. The summed E-state index contributed by atoms with van der Waals surface area (Å²) in [5.74, 6) is 0.636. The first-order valence-corrected chi connectivity index (χ1v) is 10.3. The Morgan fingerprint density at radius 2 is 1.59 bits per heavy atom. The number of aromatic amines is 1. The van der Waals surface area contributed by atoms with E-state index in [0.717, 1.165) is 24.5 Å². The highest BCUT2D eigenvalue weighted by molar-refractivity contribution is 6.02. The Morgan fingerprint density at radius 1 is 0.963 bits per heavy atom. The van der Waals surface area contributed by atoms with Crippen molar-refractivity contribution in [3.05, 3.63) is 42.5 Å². The van der Waals surface area contributed by atoms with Crippen LogP contribution in [-0.2, 0) is 0 Å². The molecule has 0 saturated heterocycles. The van der Waals surface area contributed by atoms with Crippen LogP contribution < -0.4 is 10.1 Å². The van der Waals surface area contributed by atoms with E-state index >= 15 is 0 Å². The third-order valence-electron chi connectivity index (χ3n) is 4.62. The molecular formula is C22H33N3O2. The van der Waals surface area contributed by atoms with Gasteiger partial charge in [-0.3, -0.25) is 4.79 Å². The van der Waals surface area contributed by atoms with Gasteiger partial charge in [-0.1, -0.05) is 64.7 Å². The van der Waals surface area contributed by atoms with Crippen LogP contribution in [0.1, 0.15) is 81.6 Å². The van der Waals surface area contributed by atoms with Gasteiger partial charge < -0.3 is 15.0 Å². The second-order valence-electron chi connectivity index (χ2n) is 6.97. The molecule has 5 nitrogen and oxygen atoms in total. The molecule has 0 radical (unpaired) electrons. The number of rotatable bonds is 14. The molecule has 2 aromatic rings. The summed E-state index contributed by atoms with van der Waals surface area (Å²) in [5.41, 5.74) is 1.18. The second kappa shape index (κ2) is 13.0. The quantitative estimate of drug-likeness (QED) is 0.403. The number of hydrogen-bond donors (Lipinski definition) is 2. The zero-order valence-electron chi connectivity index (χ0n) is 16.5. The summed E-state index contributed by atoms with van der Waals surface area (Å²) in [6.45, 7) is 3.01. The summed E-state index contributed by atoms with van der Waals surface area (Å²) < 4.78 is 5.78. The van der Waals surface area contributed by atoms with Crippen molar-refractivity contribution in [2.75, 3.05) is 11.9 Å². The largest absolute Gasteiger partial charge is 0.494 e. The third kappa shape index (κ3) is 8.76. The average Bonchev–Trinajstić information content (AvgIpc) is 3.22. The van der Waals surface area contributed by atoms with E-state index in [1.165, 1.54) is 70.3 Å². The first-order valence-electron chi connectivity index (χ1n) is 10.3. The molecule has 148 valence electrons. The van der Waals surface area contributed by atoms with Crippen molar-refractivity contribution in [1.29, 1.82) is 0 Å². The van der Waals surface area contributed by atoms with Crippen LogP contribution in [0, 0.1) is 0 Å². The standard InChI is InChI=1S/C22H33N3O2/c1-2-3-4-5-6-7-8-9-10-11-16-27-20-14-12-19(13-15-20)25-22(26)21-17-23-18-24-21/h12-15,17-18H,2-11,16H2,1H3,(H,23,24)(H,25,26). The number of aromatic nitrogens is 2. The summed E-state index contributed by atoms with van der Waals surface area (Å²) in [5, 5.41) is 2.82. The molecule has 0 fully saturated rings. The van der Waals surface area contributed by atoms with Gasteiger partial charge in [0.2, 0.25) is 0 Å². The van der Waals surface area contributed by atoms with E-state index in [1.807, 2.05) is 24.3 Å². The first kappa shape index (κ1) is 21.0. The smallest absolute Gasteiger partial charge is 0.273 e. The lowest BCUT2D eigenvalue weighted by Crippen LogP contribution is -2.12. The van der Waals surface area contributed by atoms with Gasteiger partial charge in [-0.2, -0.15) is 0 Å². The van der Waals surface area contributed by atoms with Crippen LogP contribution in [0.5, 0.6) is 5.75 Å². The van der Waals surface area contributed by atoms with Gasteiger partial charge in [0.25, 0.3) is 5.91 Å². The van der Waals surface area contributed by atoms with Gasteiger partial charge in [-0.05, 0) is 30.7 Å². The number of carbonyl (C=O) groups is 1. The molecule has 27 heavy (non-hydrogen) atoms. The van der Waals surface area contributed by atoms with Crippen LogP contribution in [0.25, 0.3) is 0 Å². The number of unbranched alkanes of at least 4 members (excludes halogenated alkanes) is 9. The minimum atomic E-state index is -0.202. The molecule has 1 amide bonds. The van der Waals surface area contributed by atoms with Crippen molar-refractivity contribution >= 4 is 11.6 Å². The number of H-pyrrole nitrogens is 1. The van der Waals surface area contributed by atoms with Crippen molar-refractivity contribution in [3.63, 3.8) is 0 Å². The maximum absolute atomic E-state index is 11.9. The maximum Gasteiger partial charge on any atom is 0.273 e. The highest BCUT2D eigenvalue weighted by atomic mass is 16.5. The van der Waals surface area contributed by atoms with Crippen LogP contribution in [-0.4, -0.2) is 22.5 Å². The van der Waals surface area contributed by atoms with Crippen LogP contribution >= 0.6 is 0 Å². The van der Waals surface area contributed by atoms with Gasteiger partial charge in [0, 0.05) is 5.69 Å². The average molecular weight is 372 g/mol. The second-order valence-corrected chi connectivity index (χ2v) is 6.97. The van der Waals surface area contributed by atoms with Gasteiger partial charge in [-0.25, -0.2) is 4.98 Å². The molecule has 1 aromatic carbocycles. The number of imidazole rings is 1. The predicted octanol–water partition coefficient (Wildman–Crippen LogP) is 5.96. The van der Waals surface area contributed by atoms with E-state index in [4.69, 9.17) is 4.74 Å². The highest BCUT2D eigenvalue weighted by Gasteiger charge is 2.06. The Kier molecular flexibility index (Phi) is 10.1. The number of anilines is 1. The van der Waals surface area contributed by atoms with Crippen LogP contribution in [0.15, 0.2) is 36.8 Å². The Bertz CT molecular complexity index is 624. The Balaban J connectivity index is 1.51. The van der Waals surface area contributed by atoms with E-state index in [-0.39, 0.29) is 5.91 Å². The summed E-state index contributed by atoms with van der Waals surface area (Å²) in [4.78, 5) is 18.6. The van der Waals surface area contributed by atoms with Gasteiger partial charge >= 0.3 is 0 Å². The minimum Gasteiger partial charge on any atom is -0.494 e. The molecule has 1 aromatic heterocycles. The zero-order valence-corrected chi connectivity index (χ0v) is 16.5. The Labute approximate surface area is 162 Å². The summed E-state index contributed by atoms with van der Waals surface area (Å²) in [6, 6.07) is 7.47. The summed E-state index contributed by atoms with van der Waals surface area (Å²) >= 11 is 0. The molecule has 0 saturated carbocycles. The zero-order chi connectivity index (χ0) is 19.2. The van der Waals surface area contributed by atoms with E-state index in [0.29, 0.717) is 5.69 Å². The Hall–Kier alpha value is -2.30. The van der Waals surface area contributed by atoms with E-state index < -0.39 is 0 Å². The monoisotopic (exact) mass is 371 g/mol. The first-order chi connectivity index (χ1) is 13.3. The molecular weight excluding hydrogens is 338 g/mol. The van der Waals surface area contributed by atoms with Crippen molar-refractivity contribution in [2.45, 2.75) is 71.1 Å². The summed E-state index contributed by atoms with van der Waals surface area (Å²) in [7, 11) is 0. The number of carbonyl (C=O) groups excluding carboxylic acids is 1. The van der Waals surface area contributed by atoms with Gasteiger partial charge in [-0.15, -0.1) is 0 Å². The molecule has 0 aliphatic carbocycles. The molecule has 2 N–H and O–H groups in total. The molecule has 5 heteroatoms. The number of ether oxygens (including phenoxy) is 1. The highest BCUT2D eigenvalue weighted by Crippen LogP contribution is 2.17. The summed E-state index contributed by atoms with van der Waals surface area (Å²) in [6.07, 6.45) is 16.2. The van der Waals surface area contributed by atoms with Crippen LogP contribution in [0.2, 0.25) is 0 Å². The molecule has 0 unspecified atom stereocenters. The molecule has 1 heterocycles. The number of hydrogen-bond acceptors (Lipinski definition) is 3. The lowest BCUT2D eigenvalue weighted by molar-refractivity contribution is 0.102. The predicted molar refractivity (Wildman–Crippen MR) is 110 cm³/mol. The third-order valence-corrected chi connectivity index (χ3v) is 4.62. The van der Waals surface area contributed by atoms with Gasteiger partial charge in [0.15, 0.2) is 0 Å². The van der Waals surface area contributed by atoms with E-state index in [1.54, 1.807) is 0 Å². The number of amides is 1. The van der Waals surface area contributed by atoms with Crippen molar-refractivity contribution in [2.24, 2.45) is 0 Å². The lowest BCUT2D eigenvalue weighted by atomic mass is 10.1. The minimum absolute atomic E-state index is 0.202. The normalized spacial score (nSPS) is 10.7. The maximum atomic E-state index is 11.9. The molecule has 0 bridgehead atoms. The molecule has 0 spiro atoms. The molecule has 2 rings (SSSR count).